The summed E-state index contributed by atoms with van der Waals surface area (Å²) in [6.45, 7) is 8.19. The second-order valence-electron chi connectivity index (χ2n) is 3.98. The first-order valence-electron chi connectivity index (χ1n) is 5.12. The van der Waals surface area contributed by atoms with Crippen LogP contribution in [0.15, 0.2) is 12.1 Å². The van der Waals surface area contributed by atoms with Gasteiger partial charge in [-0.15, -0.1) is 11.3 Å². The summed E-state index contributed by atoms with van der Waals surface area (Å²) in [4.78, 5) is 2.76. The molecule has 1 aromatic heterocycles. The van der Waals surface area contributed by atoms with Crippen molar-refractivity contribution >= 4 is 11.3 Å². The molecule has 1 atom stereocenters. The fourth-order valence-corrected chi connectivity index (χ4v) is 2.24. The second-order valence-corrected chi connectivity index (χ2v) is 5.35. The monoisotopic (exact) mass is 212 g/mol. The number of hydrogen-bond donors (Lipinski definition) is 2. The lowest BCUT2D eigenvalue weighted by Gasteiger charge is -2.19. The average Bonchev–Trinajstić information content (AvgIpc) is 2.52. The molecule has 1 heterocycles. The van der Waals surface area contributed by atoms with Gasteiger partial charge in [-0.3, -0.25) is 0 Å². The van der Waals surface area contributed by atoms with Gasteiger partial charge in [0.05, 0.1) is 0 Å². The smallest absolute Gasteiger partial charge is 0.0303 e. The lowest BCUT2D eigenvalue weighted by molar-refractivity contribution is 0.406. The van der Waals surface area contributed by atoms with Crippen molar-refractivity contribution < 1.29 is 0 Å². The molecule has 0 saturated heterocycles. The van der Waals surface area contributed by atoms with Gasteiger partial charge in [-0.25, -0.2) is 0 Å². The van der Waals surface area contributed by atoms with Crippen LogP contribution >= 0.6 is 11.3 Å². The molecule has 2 nitrogen and oxygen atoms in total. The van der Waals surface area contributed by atoms with E-state index in [-0.39, 0.29) is 0 Å². The van der Waals surface area contributed by atoms with E-state index < -0.39 is 0 Å². The van der Waals surface area contributed by atoms with Crippen molar-refractivity contribution in [2.75, 3.05) is 6.54 Å². The highest BCUT2D eigenvalue weighted by atomic mass is 32.1. The summed E-state index contributed by atoms with van der Waals surface area (Å²) in [5.74, 6) is 0.598. The first kappa shape index (κ1) is 11.7. The molecule has 14 heavy (non-hydrogen) atoms. The molecule has 0 radical (unpaired) electrons. The quantitative estimate of drug-likeness (QED) is 0.784. The third kappa shape index (κ3) is 3.40. The lowest BCUT2D eigenvalue weighted by Crippen LogP contribution is -2.39. The fourth-order valence-electron chi connectivity index (χ4n) is 1.40. The summed E-state index contributed by atoms with van der Waals surface area (Å²) in [6, 6.07) is 4.77. The molecule has 0 aliphatic heterocycles. The van der Waals surface area contributed by atoms with Crippen LogP contribution in [0.1, 0.15) is 23.6 Å². The summed E-state index contributed by atoms with van der Waals surface area (Å²) < 4.78 is 0. The number of nitrogens with one attached hydrogen (secondary N) is 1. The Hall–Kier alpha value is -0.380. The fraction of sp³-hybridized carbons (Fsp3) is 0.636. The van der Waals surface area contributed by atoms with Gasteiger partial charge >= 0.3 is 0 Å². The van der Waals surface area contributed by atoms with Crippen molar-refractivity contribution in [3.8, 4) is 0 Å². The standard InChI is InChI=1S/C11H20N2S/c1-8(2)11(6-12)13-7-10-5-4-9(3)14-10/h4-5,8,11,13H,6-7,12H2,1-3H3. The molecule has 1 unspecified atom stereocenters. The van der Waals surface area contributed by atoms with Crippen molar-refractivity contribution in [3.05, 3.63) is 21.9 Å². The Balaban J connectivity index is 2.39. The molecule has 1 rings (SSSR count). The van der Waals surface area contributed by atoms with Crippen LogP contribution in [0.25, 0.3) is 0 Å². The molecule has 0 aliphatic rings. The van der Waals surface area contributed by atoms with E-state index in [1.54, 1.807) is 0 Å². The predicted octanol–water partition coefficient (Wildman–Crippen LogP) is 2.13. The molecule has 1 aromatic rings. The molecule has 0 bridgehead atoms. The van der Waals surface area contributed by atoms with Crippen LogP contribution in [-0.2, 0) is 6.54 Å². The van der Waals surface area contributed by atoms with Gasteiger partial charge in [-0.2, -0.15) is 0 Å². The molecule has 0 aromatic carbocycles. The molecule has 80 valence electrons. The zero-order valence-electron chi connectivity index (χ0n) is 9.21. The minimum atomic E-state index is 0.428. The van der Waals surface area contributed by atoms with E-state index in [9.17, 15) is 0 Å². The Morgan fingerprint density at radius 2 is 2.14 bits per heavy atom. The maximum absolute atomic E-state index is 5.68. The van der Waals surface area contributed by atoms with Crippen molar-refractivity contribution in [2.45, 2.75) is 33.4 Å². The van der Waals surface area contributed by atoms with E-state index in [0.29, 0.717) is 18.5 Å². The van der Waals surface area contributed by atoms with Crippen LogP contribution < -0.4 is 11.1 Å². The molecule has 0 saturated carbocycles. The van der Waals surface area contributed by atoms with Crippen molar-refractivity contribution in [2.24, 2.45) is 11.7 Å². The normalized spacial score (nSPS) is 13.5. The van der Waals surface area contributed by atoms with E-state index in [2.05, 4.69) is 38.2 Å². The highest BCUT2D eigenvalue weighted by Crippen LogP contribution is 2.15. The molecule has 3 N–H and O–H groups in total. The number of thiophene rings is 1. The van der Waals surface area contributed by atoms with Gasteiger partial charge in [-0.1, -0.05) is 13.8 Å². The Bertz CT molecular complexity index is 268. The van der Waals surface area contributed by atoms with E-state index >= 15 is 0 Å². The molecule has 0 spiro atoms. The maximum atomic E-state index is 5.68. The number of nitrogens with two attached hydrogens (primary N) is 1. The minimum Gasteiger partial charge on any atom is -0.329 e. The van der Waals surface area contributed by atoms with E-state index in [0.717, 1.165) is 6.54 Å². The average molecular weight is 212 g/mol. The van der Waals surface area contributed by atoms with Gasteiger partial charge in [0.2, 0.25) is 0 Å². The summed E-state index contributed by atoms with van der Waals surface area (Å²) >= 11 is 1.85. The Kier molecular flexibility index (Phi) is 4.58. The highest BCUT2D eigenvalue weighted by molar-refractivity contribution is 7.11. The minimum absolute atomic E-state index is 0.428. The first-order valence-corrected chi connectivity index (χ1v) is 5.94. The SMILES string of the molecule is Cc1ccc(CNC(CN)C(C)C)s1. The van der Waals surface area contributed by atoms with Crippen LogP contribution in [0.5, 0.6) is 0 Å². The van der Waals surface area contributed by atoms with Gasteiger partial charge in [-0.05, 0) is 25.0 Å². The molecular weight excluding hydrogens is 192 g/mol. The van der Waals surface area contributed by atoms with E-state index in [4.69, 9.17) is 5.73 Å². The Labute approximate surface area is 90.5 Å². The van der Waals surface area contributed by atoms with Crippen LogP contribution in [0.2, 0.25) is 0 Å². The largest absolute Gasteiger partial charge is 0.329 e. The van der Waals surface area contributed by atoms with E-state index in [1.165, 1.54) is 9.75 Å². The Morgan fingerprint density at radius 1 is 1.43 bits per heavy atom. The summed E-state index contributed by atoms with van der Waals surface area (Å²) in [7, 11) is 0. The van der Waals surface area contributed by atoms with Gasteiger partial charge < -0.3 is 11.1 Å². The van der Waals surface area contributed by atoms with E-state index in [1.807, 2.05) is 11.3 Å². The zero-order valence-corrected chi connectivity index (χ0v) is 10.0. The topological polar surface area (TPSA) is 38.0 Å². The predicted molar refractivity (Wildman–Crippen MR) is 63.6 cm³/mol. The third-order valence-corrected chi connectivity index (χ3v) is 3.39. The first-order chi connectivity index (χ1) is 6.63. The molecule has 0 amide bonds. The van der Waals surface area contributed by atoms with Gasteiger partial charge in [0.15, 0.2) is 0 Å². The van der Waals surface area contributed by atoms with Crippen molar-refractivity contribution in [1.82, 2.24) is 5.32 Å². The Morgan fingerprint density at radius 3 is 2.57 bits per heavy atom. The number of hydrogen-bond acceptors (Lipinski definition) is 3. The maximum Gasteiger partial charge on any atom is 0.0303 e. The van der Waals surface area contributed by atoms with Crippen LogP contribution in [0.4, 0.5) is 0 Å². The molecular formula is C11H20N2S. The second kappa shape index (κ2) is 5.49. The molecule has 0 aliphatic carbocycles. The van der Waals surface area contributed by atoms with Crippen LogP contribution in [0.3, 0.4) is 0 Å². The van der Waals surface area contributed by atoms with Crippen molar-refractivity contribution in [1.29, 1.82) is 0 Å². The zero-order chi connectivity index (χ0) is 10.6. The van der Waals surface area contributed by atoms with Crippen LogP contribution in [0, 0.1) is 12.8 Å². The third-order valence-electron chi connectivity index (χ3n) is 2.39. The highest BCUT2D eigenvalue weighted by Gasteiger charge is 2.10. The number of rotatable bonds is 5. The van der Waals surface area contributed by atoms with Crippen molar-refractivity contribution in [3.63, 3.8) is 0 Å². The lowest BCUT2D eigenvalue weighted by atomic mass is 10.1. The molecule has 0 fully saturated rings. The van der Waals surface area contributed by atoms with Gasteiger partial charge in [0.1, 0.15) is 0 Å². The molecule has 3 heteroatoms. The van der Waals surface area contributed by atoms with Gasteiger partial charge in [0.25, 0.3) is 0 Å². The number of aryl methyl sites for hydroxylation is 1. The van der Waals surface area contributed by atoms with Gasteiger partial charge in [0, 0.05) is 28.9 Å². The summed E-state index contributed by atoms with van der Waals surface area (Å²) in [5, 5.41) is 3.48. The van der Waals surface area contributed by atoms with Crippen LogP contribution in [-0.4, -0.2) is 12.6 Å². The summed E-state index contributed by atoms with van der Waals surface area (Å²) in [6.07, 6.45) is 0. The summed E-state index contributed by atoms with van der Waals surface area (Å²) in [5.41, 5.74) is 5.68.